The first-order valence-corrected chi connectivity index (χ1v) is 11.3. The summed E-state index contributed by atoms with van der Waals surface area (Å²) in [5.74, 6) is 1.48. The highest BCUT2D eigenvalue weighted by Crippen LogP contribution is 2.36. The van der Waals surface area contributed by atoms with Crippen LogP contribution in [0.2, 0.25) is 0 Å². The van der Waals surface area contributed by atoms with Crippen molar-refractivity contribution in [1.29, 1.82) is 0 Å². The largest absolute Gasteiger partial charge is 0.325 e. The van der Waals surface area contributed by atoms with E-state index in [1.807, 2.05) is 19.1 Å². The Morgan fingerprint density at radius 2 is 1.47 bits per heavy atom. The van der Waals surface area contributed by atoms with E-state index in [-0.39, 0.29) is 5.91 Å². The number of hydrogen-bond acceptors (Lipinski definition) is 2. The first kappa shape index (κ1) is 21.7. The van der Waals surface area contributed by atoms with E-state index in [2.05, 4.69) is 85.5 Å². The van der Waals surface area contributed by atoms with Gasteiger partial charge in [-0.3, -0.25) is 4.79 Å². The molecule has 152 valence electrons. The van der Waals surface area contributed by atoms with Gasteiger partial charge in [0.25, 0.3) is 0 Å². The molecule has 1 amide bonds. The molecule has 0 heterocycles. The summed E-state index contributed by atoms with van der Waals surface area (Å²) in [4.78, 5) is 11.9. The van der Waals surface area contributed by atoms with Gasteiger partial charge in [-0.25, -0.2) is 0 Å². The molecule has 2 nitrogen and oxygen atoms in total. The topological polar surface area (TPSA) is 29.1 Å². The average molecular weight is 414 g/mol. The van der Waals surface area contributed by atoms with Crippen LogP contribution >= 0.6 is 11.8 Å². The second-order valence-electron chi connectivity index (χ2n) is 6.86. The Morgan fingerprint density at radius 3 is 2.00 bits per heavy atom. The summed E-state index contributed by atoms with van der Waals surface area (Å²) in [6, 6.07) is 27.4. The van der Waals surface area contributed by atoms with Crippen LogP contribution in [-0.2, 0) is 4.79 Å². The van der Waals surface area contributed by atoms with Crippen molar-refractivity contribution in [1.82, 2.24) is 0 Å². The highest BCUT2D eigenvalue weighted by Gasteiger charge is 2.10. The van der Waals surface area contributed by atoms with E-state index >= 15 is 0 Å². The first-order chi connectivity index (χ1) is 14.7. The molecule has 0 unspecified atom stereocenters. The Morgan fingerprint density at radius 1 is 0.933 bits per heavy atom. The van der Waals surface area contributed by atoms with E-state index in [0.29, 0.717) is 5.75 Å². The molecule has 3 heteroatoms. The van der Waals surface area contributed by atoms with Gasteiger partial charge in [0.15, 0.2) is 0 Å². The molecule has 0 aliphatic carbocycles. The standard InChI is InChI=1S/C24H21NOS.C3H6/c1-2-27-16-23(26)25-20-13-11-17(12-14-20)24-21-9-5-3-7-18(21)15-19-8-4-6-10-22(19)24;1-3-2/h3-15H,2,16H2,1H3,(H,25,26);3H,1H2,2H3. The van der Waals surface area contributed by atoms with Gasteiger partial charge >= 0.3 is 0 Å². The van der Waals surface area contributed by atoms with E-state index in [1.54, 1.807) is 17.8 Å². The van der Waals surface area contributed by atoms with Crippen LogP contribution in [0.1, 0.15) is 13.8 Å². The lowest BCUT2D eigenvalue weighted by Gasteiger charge is -2.13. The highest BCUT2D eigenvalue weighted by atomic mass is 32.2. The Labute approximate surface area is 183 Å². The van der Waals surface area contributed by atoms with E-state index in [4.69, 9.17) is 0 Å². The molecule has 0 aliphatic heterocycles. The third kappa shape index (κ3) is 5.11. The molecule has 4 aromatic rings. The maximum atomic E-state index is 11.9. The van der Waals surface area contributed by atoms with Gasteiger partial charge in [0.2, 0.25) is 5.91 Å². The van der Waals surface area contributed by atoms with Crippen molar-refractivity contribution in [3.8, 4) is 11.1 Å². The summed E-state index contributed by atoms with van der Waals surface area (Å²) < 4.78 is 0. The summed E-state index contributed by atoms with van der Waals surface area (Å²) in [6.07, 6.45) is 1.75. The summed E-state index contributed by atoms with van der Waals surface area (Å²) in [7, 11) is 0. The number of thioether (sulfide) groups is 1. The summed E-state index contributed by atoms with van der Waals surface area (Å²) in [6.45, 7) is 7.31. The SMILES string of the molecule is C=CC.CCSCC(=O)Nc1ccc(-c2c3ccccc3cc3ccccc23)cc1. The third-order valence-corrected chi connectivity index (χ3v) is 5.54. The second kappa shape index (κ2) is 10.7. The fourth-order valence-corrected chi connectivity index (χ4v) is 3.90. The maximum Gasteiger partial charge on any atom is 0.234 e. The highest BCUT2D eigenvalue weighted by molar-refractivity contribution is 7.99. The Kier molecular flexibility index (Phi) is 7.69. The number of anilines is 1. The predicted octanol–water partition coefficient (Wildman–Crippen LogP) is 7.54. The summed E-state index contributed by atoms with van der Waals surface area (Å²) >= 11 is 1.63. The molecular formula is C27H27NOS. The zero-order chi connectivity index (χ0) is 21.3. The molecule has 0 atom stereocenters. The van der Waals surface area contributed by atoms with Crippen LogP contribution in [0.3, 0.4) is 0 Å². The number of allylic oxidation sites excluding steroid dienone is 1. The molecule has 30 heavy (non-hydrogen) atoms. The van der Waals surface area contributed by atoms with Gasteiger partial charge in [0, 0.05) is 5.69 Å². The molecule has 0 bridgehead atoms. The lowest BCUT2D eigenvalue weighted by atomic mass is 9.92. The monoisotopic (exact) mass is 413 g/mol. The van der Waals surface area contributed by atoms with Crippen LogP contribution in [0.15, 0.2) is 91.5 Å². The van der Waals surface area contributed by atoms with Gasteiger partial charge in [-0.05, 0) is 63.5 Å². The molecule has 0 spiro atoms. The van der Waals surface area contributed by atoms with Crippen LogP contribution in [0, 0.1) is 0 Å². The number of benzene rings is 4. The summed E-state index contributed by atoms with van der Waals surface area (Å²) in [5.41, 5.74) is 3.23. The minimum absolute atomic E-state index is 0.0465. The van der Waals surface area contributed by atoms with Crippen molar-refractivity contribution < 1.29 is 4.79 Å². The third-order valence-electron chi connectivity index (χ3n) is 4.67. The number of rotatable bonds is 5. The van der Waals surface area contributed by atoms with E-state index in [1.165, 1.54) is 27.1 Å². The normalized spacial score (nSPS) is 10.3. The van der Waals surface area contributed by atoms with Crippen LogP contribution in [0.4, 0.5) is 5.69 Å². The zero-order valence-corrected chi connectivity index (χ0v) is 18.3. The van der Waals surface area contributed by atoms with Crippen molar-refractivity contribution in [3.05, 3.63) is 91.5 Å². The molecule has 1 N–H and O–H groups in total. The lowest BCUT2D eigenvalue weighted by Crippen LogP contribution is -2.14. The smallest absolute Gasteiger partial charge is 0.234 e. The molecule has 0 fully saturated rings. The van der Waals surface area contributed by atoms with Crippen molar-refractivity contribution in [2.24, 2.45) is 0 Å². The number of carbonyl (C=O) groups is 1. The molecule has 0 aromatic heterocycles. The zero-order valence-electron chi connectivity index (χ0n) is 17.5. The van der Waals surface area contributed by atoms with Gasteiger partial charge < -0.3 is 5.32 Å². The van der Waals surface area contributed by atoms with Gasteiger partial charge in [0.05, 0.1) is 5.75 Å². The first-order valence-electron chi connectivity index (χ1n) is 10.1. The molecule has 0 aliphatic rings. The van der Waals surface area contributed by atoms with Crippen molar-refractivity contribution >= 4 is 44.9 Å². The predicted molar refractivity (Wildman–Crippen MR) is 134 cm³/mol. The average Bonchev–Trinajstić information content (AvgIpc) is 2.77. The molecule has 0 saturated carbocycles. The van der Waals surface area contributed by atoms with E-state index in [0.717, 1.165) is 17.0 Å². The Balaban J connectivity index is 0.000000806. The van der Waals surface area contributed by atoms with Crippen molar-refractivity contribution in [2.45, 2.75) is 13.8 Å². The fourth-order valence-electron chi connectivity index (χ4n) is 3.44. The number of hydrogen-bond donors (Lipinski definition) is 1. The van der Waals surface area contributed by atoms with Gasteiger partial charge in [-0.1, -0.05) is 73.7 Å². The summed E-state index contributed by atoms with van der Waals surface area (Å²) in [5, 5.41) is 7.93. The lowest BCUT2D eigenvalue weighted by molar-refractivity contribution is -0.113. The molecular weight excluding hydrogens is 386 g/mol. The van der Waals surface area contributed by atoms with Crippen LogP contribution in [-0.4, -0.2) is 17.4 Å². The van der Waals surface area contributed by atoms with E-state index in [9.17, 15) is 4.79 Å². The Hall–Kier alpha value is -3.04. The number of nitrogens with one attached hydrogen (secondary N) is 1. The van der Waals surface area contributed by atoms with Crippen LogP contribution in [0.25, 0.3) is 32.7 Å². The van der Waals surface area contributed by atoms with Gasteiger partial charge in [-0.15, -0.1) is 6.58 Å². The minimum atomic E-state index is 0.0465. The number of amides is 1. The molecule has 0 radical (unpaired) electrons. The van der Waals surface area contributed by atoms with Crippen LogP contribution < -0.4 is 5.32 Å². The Bertz CT molecular complexity index is 1090. The second-order valence-corrected chi connectivity index (χ2v) is 8.14. The van der Waals surface area contributed by atoms with Gasteiger partial charge in [0.1, 0.15) is 0 Å². The maximum absolute atomic E-state index is 11.9. The molecule has 4 rings (SSSR count). The van der Waals surface area contributed by atoms with Crippen molar-refractivity contribution in [3.63, 3.8) is 0 Å². The van der Waals surface area contributed by atoms with Crippen molar-refractivity contribution in [2.75, 3.05) is 16.8 Å². The van der Waals surface area contributed by atoms with Gasteiger partial charge in [-0.2, -0.15) is 11.8 Å². The van der Waals surface area contributed by atoms with E-state index < -0.39 is 0 Å². The quantitative estimate of drug-likeness (QED) is 0.270. The molecule has 0 saturated heterocycles. The minimum Gasteiger partial charge on any atom is -0.325 e. The van der Waals surface area contributed by atoms with Crippen LogP contribution in [0.5, 0.6) is 0 Å². The molecule has 4 aromatic carbocycles. The number of fused-ring (bicyclic) bond motifs is 2. The fraction of sp³-hybridized carbons (Fsp3) is 0.148. The number of carbonyl (C=O) groups excluding carboxylic acids is 1.